The summed E-state index contributed by atoms with van der Waals surface area (Å²) in [5, 5.41) is 3.34. The molecular formula is C10H18N2O2. The van der Waals surface area contributed by atoms with Gasteiger partial charge in [0.15, 0.2) is 0 Å². The third-order valence-electron chi connectivity index (χ3n) is 3.09. The van der Waals surface area contributed by atoms with E-state index >= 15 is 0 Å². The van der Waals surface area contributed by atoms with Crippen LogP contribution < -0.4 is 5.32 Å². The van der Waals surface area contributed by atoms with E-state index in [0.29, 0.717) is 6.61 Å². The first-order valence-corrected chi connectivity index (χ1v) is 5.32. The number of ether oxygens (including phenoxy) is 1. The quantitative estimate of drug-likeness (QED) is 0.714. The van der Waals surface area contributed by atoms with E-state index in [1.54, 1.807) is 0 Å². The number of rotatable bonds is 2. The van der Waals surface area contributed by atoms with Gasteiger partial charge in [0.1, 0.15) is 0 Å². The molecule has 0 aliphatic carbocycles. The van der Waals surface area contributed by atoms with Crippen LogP contribution in [-0.4, -0.2) is 43.8 Å². The lowest BCUT2D eigenvalue weighted by Crippen LogP contribution is -2.44. The molecule has 14 heavy (non-hydrogen) atoms. The first-order valence-electron chi connectivity index (χ1n) is 5.32. The van der Waals surface area contributed by atoms with Gasteiger partial charge in [0.05, 0.1) is 6.61 Å². The Labute approximate surface area is 84.6 Å². The minimum Gasteiger partial charge on any atom is -0.449 e. The van der Waals surface area contributed by atoms with E-state index in [1.165, 1.54) is 0 Å². The Balaban J connectivity index is 1.91. The van der Waals surface area contributed by atoms with Crippen molar-refractivity contribution in [3.63, 3.8) is 0 Å². The number of carbonyl (C=O) groups excluding carboxylic acids is 1. The molecule has 2 aliphatic heterocycles. The van der Waals surface area contributed by atoms with Gasteiger partial charge in [0.25, 0.3) is 0 Å². The summed E-state index contributed by atoms with van der Waals surface area (Å²) in [7, 11) is 0. The molecule has 2 rings (SSSR count). The van der Waals surface area contributed by atoms with Crippen LogP contribution in [0.4, 0.5) is 4.79 Å². The maximum Gasteiger partial charge on any atom is 0.409 e. The fourth-order valence-corrected chi connectivity index (χ4v) is 2.21. The molecule has 0 saturated carbocycles. The second-order valence-electron chi connectivity index (χ2n) is 4.63. The van der Waals surface area contributed by atoms with Gasteiger partial charge in [0, 0.05) is 19.6 Å². The molecule has 1 amide bonds. The van der Waals surface area contributed by atoms with Crippen molar-refractivity contribution in [2.75, 3.05) is 32.8 Å². The highest BCUT2D eigenvalue weighted by Gasteiger charge is 2.33. The molecule has 0 aromatic carbocycles. The molecule has 1 atom stereocenters. The van der Waals surface area contributed by atoms with Crippen LogP contribution in [0.5, 0.6) is 0 Å². The van der Waals surface area contributed by atoms with Crippen LogP contribution in [0.1, 0.15) is 19.8 Å². The Morgan fingerprint density at radius 2 is 2.50 bits per heavy atom. The lowest BCUT2D eigenvalue weighted by Gasteiger charge is -2.33. The van der Waals surface area contributed by atoms with Crippen molar-refractivity contribution >= 4 is 6.09 Å². The Hall–Kier alpha value is -0.770. The lowest BCUT2D eigenvalue weighted by molar-refractivity contribution is 0.0574. The van der Waals surface area contributed by atoms with Crippen LogP contribution in [0.3, 0.4) is 0 Å². The Morgan fingerprint density at radius 1 is 1.64 bits per heavy atom. The highest BCUT2D eigenvalue weighted by molar-refractivity contribution is 5.68. The molecular weight excluding hydrogens is 180 g/mol. The number of carbonyl (C=O) groups is 1. The van der Waals surface area contributed by atoms with E-state index in [9.17, 15) is 4.79 Å². The number of hydrogen-bond acceptors (Lipinski definition) is 3. The lowest BCUT2D eigenvalue weighted by atomic mass is 9.89. The summed E-state index contributed by atoms with van der Waals surface area (Å²) >= 11 is 0. The smallest absolute Gasteiger partial charge is 0.409 e. The molecule has 1 N–H and O–H groups in total. The second kappa shape index (κ2) is 3.77. The van der Waals surface area contributed by atoms with Crippen LogP contribution in [0.25, 0.3) is 0 Å². The van der Waals surface area contributed by atoms with Crippen LogP contribution in [-0.2, 0) is 4.74 Å². The Bertz CT molecular complexity index is 224. The van der Waals surface area contributed by atoms with Gasteiger partial charge >= 0.3 is 6.09 Å². The largest absolute Gasteiger partial charge is 0.449 e. The van der Waals surface area contributed by atoms with Gasteiger partial charge in [-0.25, -0.2) is 4.79 Å². The van der Waals surface area contributed by atoms with E-state index in [4.69, 9.17) is 4.74 Å². The standard InChI is InChI=1S/C10H18N2O2/c1-10(3-4-11-7-10)8-12-5-2-6-14-9(12)13/h11H,2-8H2,1H3. The predicted molar refractivity (Wildman–Crippen MR) is 53.1 cm³/mol. The highest BCUT2D eigenvalue weighted by atomic mass is 16.6. The molecule has 2 heterocycles. The molecule has 2 saturated heterocycles. The summed E-state index contributed by atoms with van der Waals surface area (Å²) in [6.07, 6.45) is 1.98. The van der Waals surface area contributed by atoms with Crippen molar-refractivity contribution in [2.45, 2.75) is 19.8 Å². The maximum absolute atomic E-state index is 11.4. The van der Waals surface area contributed by atoms with Gasteiger partial charge in [-0.2, -0.15) is 0 Å². The summed E-state index contributed by atoms with van der Waals surface area (Å²) in [5.74, 6) is 0. The summed E-state index contributed by atoms with van der Waals surface area (Å²) in [4.78, 5) is 13.3. The van der Waals surface area contributed by atoms with Gasteiger partial charge < -0.3 is 15.0 Å². The molecule has 2 aliphatic rings. The molecule has 0 radical (unpaired) electrons. The molecule has 0 spiro atoms. The summed E-state index contributed by atoms with van der Waals surface area (Å²) in [6, 6.07) is 0. The van der Waals surface area contributed by atoms with Gasteiger partial charge in [-0.15, -0.1) is 0 Å². The highest BCUT2D eigenvalue weighted by Crippen LogP contribution is 2.26. The molecule has 80 valence electrons. The maximum atomic E-state index is 11.4. The zero-order valence-electron chi connectivity index (χ0n) is 8.71. The zero-order valence-corrected chi connectivity index (χ0v) is 8.71. The summed E-state index contributed by atoms with van der Waals surface area (Å²) in [6.45, 7) is 6.59. The molecule has 2 fully saturated rings. The van der Waals surface area contributed by atoms with Crippen LogP contribution >= 0.6 is 0 Å². The number of cyclic esters (lactones) is 1. The van der Waals surface area contributed by atoms with Crippen molar-refractivity contribution in [3.8, 4) is 0 Å². The summed E-state index contributed by atoms with van der Waals surface area (Å²) < 4.78 is 5.01. The number of hydrogen-bond donors (Lipinski definition) is 1. The molecule has 0 aromatic heterocycles. The monoisotopic (exact) mass is 198 g/mol. The van der Waals surface area contributed by atoms with Crippen molar-refractivity contribution in [1.82, 2.24) is 10.2 Å². The molecule has 0 aromatic rings. The molecule has 4 heteroatoms. The number of amides is 1. The molecule has 1 unspecified atom stereocenters. The fourth-order valence-electron chi connectivity index (χ4n) is 2.21. The number of nitrogens with one attached hydrogen (secondary N) is 1. The van der Waals surface area contributed by atoms with E-state index in [1.807, 2.05) is 4.90 Å². The zero-order chi connectivity index (χ0) is 10.0. The third-order valence-corrected chi connectivity index (χ3v) is 3.09. The van der Waals surface area contributed by atoms with Crippen molar-refractivity contribution < 1.29 is 9.53 Å². The fraction of sp³-hybridized carbons (Fsp3) is 0.900. The first-order chi connectivity index (χ1) is 6.70. The normalized spacial score (nSPS) is 33.2. The molecule has 4 nitrogen and oxygen atoms in total. The average Bonchev–Trinajstić information content (AvgIpc) is 2.57. The minimum absolute atomic E-state index is 0.135. The average molecular weight is 198 g/mol. The topological polar surface area (TPSA) is 41.6 Å². The van der Waals surface area contributed by atoms with E-state index in [-0.39, 0.29) is 11.5 Å². The van der Waals surface area contributed by atoms with E-state index in [2.05, 4.69) is 12.2 Å². The third kappa shape index (κ3) is 2.00. The Morgan fingerprint density at radius 3 is 3.14 bits per heavy atom. The van der Waals surface area contributed by atoms with Gasteiger partial charge in [-0.1, -0.05) is 6.92 Å². The van der Waals surface area contributed by atoms with E-state index in [0.717, 1.165) is 39.0 Å². The van der Waals surface area contributed by atoms with Gasteiger partial charge in [0.2, 0.25) is 0 Å². The number of nitrogens with zero attached hydrogens (tertiary/aromatic N) is 1. The predicted octanol–water partition coefficient (Wildman–Crippen LogP) is 0.828. The van der Waals surface area contributed by atoms with Crippen LogP contribution in [0, 0.1) is 5.41 Å². The summed E-state index contributed by atoms with van der Waals surface area (Å²) in [5.41, 5.74) is 0.246. The van der Waals surface area contributed by atoms with Crippen LogP contribution in [0.2, 0.25) is 0 Å². The van der Waals surface area contributed by atoms with E-state index < -0.39 is 0 Å². The van der Waals surface area contributed by atoms with Crippen molar-refractivity contribution in [1.29, 1.82) is 0 Å². The Kier molecular flexibility index (Phi) is 2.63. The molecule has 0 bridgehead atoms. The minimum atomic E-state index is -0.135. The first kappa shape index (κ1) is 9.77. The SMILES string of the molecule is CC1(CN2CCCOC2=O)CCNC1. The van der Waals surface area contributed by atoms with Gasteiger partial charge in [-0.3, -0.25) is 0 Å². The van der Waals surface area contributed by atoms with Gasteiger partial charge in [-0.05, 0) is 24.8 Å². The van der Waals surface area contributed by atoms with Crippen LogP contribution in [0.15, 0.2) is 0 Å². The van der Waals surface area contributed by atoms with Crippen molar-refractivity contribution in [2.24, 2.45) is 5.41 Å². The second-order valence-corrected chi connectivity index (χ2v) is 4.63. The van der Waals surface area contributed by atoms with Crippen molar-refractivity contribution in [3.05, 3.63) is 0 Å².